The van der Waals surface area contributed by atoms with E-state index in [1.54, 1.807) is 4.68 Å². The van der Waals surface area contributed by atoms with Crippen LogP contribution in [0, 0.1) is 12.3 Å². The molecule has 0 saturated carbocycles. The van der Waals surface area contributed by atoms with Crippen molar-refractivity contribution in [3.8, 4) is 11.3 Å². The quantitative estimate of drug-likeness (QED) is 0.638. The Morgan fingerprint density at radius 3 is 2.66 bits per heavy atom. The molecule has 5 rings (SSSR count). The van der Waals surface area contributed by atoms with Gasteiger partial charge < -0.3 is 20.5 Å². The monoisotopic (exact) mass is 439 g/mol. The molecular formula is C23H33N7O2. The van der Waals surface area contributed by atoms with Crippen LogP contribution >= 0.6 is 0 Å². The highest BCUT2D eigenvalue weighted by Crippen LogP contribution is 2.42. The Balaban J connectivity index is 0.00000245. The lowest BCUT2D eigenvalue weighted by molar-refractivity contribution is 0.0973. The Morgan fingerprint density at radius 1 is 1.25 bits per heavy atom. The number of aliphatic hydroxyl groups excluding tert-OH is 1. The summed E-state index contributed by atoms with van der Waals surface area (Å²) in [5.74, 6) is 0.766. The Labute approximate surface area is 188 Å². The fraction of sp³-hybridized carbons (Fsp3) is 0.565. The summed E-state index contributed by atoms with van der Waals surface area (Å²) in [6.07, 6.45) is 2.01. The van der Waals surface area contributed by atoms with Gasteiger partial charge in [-0.1, -0.05) is 18.7 Å². The van der Waals surface area contributed by atoms with E-state index >= 15 is 0 Å². The van der Waals surface area contributed by atoms with E-state index in [4.69, 9.17) is 20.4 Å². The Hall–Kier alpha value is -2.62. The van der Waals surface area contributed by atoms with E-state index in [0.29, 0.717) is 5.69 Å². The van der Waals surface area contributed by atoms with Gasteiger partial charge in [0.1, 0.15) is 11.2 Å². The van der Waals surface area contributed by atoms with E-state index < -0.39 is 0 Å². The molecule has 2 atom stereocenters. The zero-order chi connectivity index (χ0) is 21.8. The highest BCUT2D eigenvalue weighted by atomic mass is 16.5. The van der Waals surface area contributed by atoms with Gasteiger partial charge in [-0.3, -0.25) is 0 Å². The van der Waals surface area contributed by atoms with Gasteiger partial charge in [0.25, 0.3) is 0 Å². The van der Waals surface area contributed by atoms with E-state index in [-0.39, 0.29) is 31.6 Å². The highest BCUT2D eigenvalue weighted by molar-refractivity contribution is 5.81. The number of anilines is 1. The first-order chi connectivity index (χ1) is 14.9. The summed E-state index contributed by atoms with van der Waals surface area (Å²) in [6.45, 7) is 6.25. The molecule has 3 N–H and O–H groups in total. The van der Waals surface area contributed by atoms with Crippen molar-refractivity contribution >= 4 is 16.9 Å². The molecule has 1 spiro atoms. The van der Waals surface area contributed by atoms with E-state index in [0.717, 1.165) is 66.3 Å². The van der Waals surface area contributed by atoms with Crippen molar-refractivity contribution < 1.29 is 9.84 Å². The number of aromatic nitrogens is 5. The molecule has 2 saturated heterocycles. The number of piperidine rings is 1. The molecule has 9 nitrogen and oxygen atoms in total. The normalized spacial score (nSPS) is 22.5. The summed E-state index contributed by atoms with van der Waals surface area (Å²) in [5.41, 5.74) is 11.4. The van der Waals surface area contributed by atoms with Gasteiger partial charge in [-0.15, -0.1) is 5.10 Å². The van der Waals surface area contributed by atoms with Crippen LogP contribution in [0.15, 0.2) is 18.2 Å². The van der Waals surface area contributed by atoms with Crippen LogP contribution in [0.25, 0.3) is 22.3 Å². The van der Waals surface area contributed by atoms with Crippen LogP contribution in [-0.4, -0.2) is 61.9 Å². The predicted molar refractivity (Wildman–Crippen MR) is 124 cm³/mol. The summed E-state index contributed by atoms with van der Waals surface area (Å²) in [5, 5.41) is 18.3. The maximum absolute atomic E-state index is 10.1. The van der Waals surface area contributed by atoms with Gasteiger partial charge in [0.15, 0.2) is 5.82 Å². The zero-order valence-corrected chi connectivity index (χ0v) is 18.2. The van der Waals surface area contributed by atoms with Crippen LogP contribution in [0.5, 0.6) is 0 Å². The van der Waals surface area contributed by atoms with E-state index in [1.165, 1.54) is 0 Å². The Morgan fingerprint density at radius 2 is 2.00 bits per heavy atom. The number of nitrogens with two attached hydrogens (primary N) is 1. The number of aryl methyl sites for hydroxylation is 2. The van der Waals surface area contributed by atoms with Crippen LogP contribution in [0.2, 0.25) is 0 Å². The number of ether oxygens (including phenoxy) is 1. The SMILES string of the molecule is C.Cc1nc(N2CCC3(CC2)CO[C@@H](C)[C@H]3N)c(CO)nc1-c1ccc2nnn(C)c2c1. The molecule has 0 unspecified atom stereocenters. The van der Waals surface area contributed by atoms with Crippen LogP contribution in [0.1, 0.15) is 38.6 Å². The second kappa shape index (κ2) is 8.38. The Kier molecular flexibility index (Phi) is 5.91. The second-order valence-corrected chi connectivity index (χ2v) is 8.89. The van der Waals surface area contributed by atoms with Crippen LogP contribution in [0.3, 0.4) is 0 Å². The van der Waals surface area contributed by atoms with Crippen molar-refractivity contribution in [2.75, 3.05) is 24.6 Å². The van der Waals surface area contributed by atoms with Crippen molar-refractivity contribution in [3.05, 3.63) is 29.6 Å². The Bertz CT molecular complexity index is 1120. The molecule has 4 heterocycles. The molecule has 9 heteroatoms. The second-order valence-electron chi connectivity index (χ2n) is 8.89. The van der Waals surface area contributed by atoms with Crippen molar-refractivity contribution in [3.63, 3.8) is 0 Å². The molecule has 2 aliphatic rings. The summed E-state index contributed by atoms with van der Waals surface area (Å²) < 4.78 is 7.58. The highest BCUT2D eigenvalue weighted by Gasteiger charge is 2.47. The van der Waals surface area contributed by atoms with Gasteiger partial charge in [0, 0.05) is 37.2 Å². The first-order valence-electron chi connectivity index (χ1n) is 10.8. The number of benzene rings is 1. The molecule has 32 heavy (non-hydrogen) atoms. The third-order valence-electron chi connectivity index (χ3n) is 7.06. The predicted octanol–water partition coefficient (Wildman–Crippen LogP) is 2.19. The molecule has 2 fully saturated rings. The van der Waals surface area contributed by atoms with E-state index in [2.05, 4.69) is 22.1 Å². The lowest BCUT2D eigenvalue weighted by Crippen LogP contribution is -2.51. The van der Waals surface area contributed by atoms with E-state index in [9.17, 15) is 5.11 Å². The fourth-order valence-electron chi connectivity index (χ4n) is 4.99. The fourth-order valence-corrected chi connectivity index (χ4v) is 4.99. The average molecular weight is 440 g/mol. The molecule has 1 aromatic carbocycles. The number of nitrogens with zero attached hydrogens (tertiary/aromatic N) is 6. The summed E-state index contributed by atoms with van der Waals surface area (Å²) >= 11 is 0. The van der Waals surface area contributed by atoms with Gasteiger partial charge in [0.2, 0.25) is 0 Å². The van der Waals surface area contributed by atoms with Crippen LogP contribution < -0.4 is 10.6 Å². The number of hydrogen-bond acceptors (Lipinski definition) is 8. The third kappa shape index (κ3) is 3.54. The van der Waals surface area contributed by atoms with Crippen LogP contribution in [0.4, 0.5) is 5.82 Å². The summed E-state index contributed by atoms with van der Waals surface area (Å²) in [7, 11) is 1.87. The molecule has 0 radical (unpaired) electrons. The smallest absolute Gasteiger partial charge is 0.153 e. The molecule has 0 aliphatic carbocycles. The minimum Gasteiger partial charge on any atom is -0.390 e. The molecule has 0 bridgehead atoms. The molecule has 0 amide bonds. The largest absolute Gasteiger partial charge is 0.390 e. The topological polar surface area (TPSA) is 115 Å². The lowest BCUT2D eigenvalue weighted by Gasteiger charge is -2.42. The van der Waals surface area contributed by atoms with Crippen molar-refractivity contribution in [2.24, 2.45) is 18.2 Å². The molecular weight excluding hydrogens is 406 g/mol. The first kappa shape index (κ1) is 22.6. The maximum Gasteiger partial charge on any atom is 0.153 e. The van der Waals surface area contributed by atoms with Crippen molar-refractivity contribution in [2.45, 2.75) is 52.9 Å². The summed E-state index contributed by atoms with van der Waals surface area (Å²) in [6, 6.07) is 5.99. The minimum atomic E-state index is -0.160. The molecule has 2 aliphatic heterocycles. The standard InChI is InChI=1S/C22H29N7O2.CH4/c1-13-19(15-4-5-16-18(10-15)28(3)27-26-16)25-17(11-30)21(24-13)29-8-6-22(7-9-29)12-31-14(2)20(22)23;/h4-5,10,14,20,30H,6-9,11-12,23H2,1-3H3;1H4/t14-,20+;/m0./s1. The number of aliphatic hydroxyl groups is 1. The lowest BCUT2D eigenvalue weighted by atomic mass is 9.73. The molecule has 172 valence electrons. The van der Waals surface area contributed by atoms with Crippen molar-refractivity contribution in [1.82, 2.24) is 25.0 Å². The van der Waals surface area contributed by atoms with Gasteiger partial charge in [-0.25, -0.2) is 14.6 Å². The number of fused-ring (bicyclic) bond motifs is 1. The van der Waals surface area contributed by atoms with Crippen LogP contribution in [-0.2, 0) is 18.4 Å². The van der Waals surface area contributed by atoms with Crippen molar-refractivity contribution in [1.29, 1.82) is 0 Å². The van der Waals surface area contributed by atoms with Gasteiger partial charge in [0.05, 0.1) is 36.2 Å². The minimum absolute atomic E-state index is 0. The van der Waals surface area contributed by atoms with Gasteiger partial charge >= 0.3 is 0 Å². The molecule has 3 aromatic rings. The maximum atomic E-state index is 10.1. The summed E-state index contributed by atoms with van der Waals surface area (Å²) in [4.78, 5) is 11.9. The molecule has 2 aromatic heterocycles. The first-order valence-corrected chi connectivity index (χ1v) is 10.8. The average Bonchev–Trinajstić information content (AvgIpc) is 3.29. The third-order valence-corrected chi connectivity index (χ3v) is 7.06. The van der Waals surface area contributed by atoms with Gasteiger partial charge in [-0.2, -0.15) is 0 Å². The van der Waals surface area contributed by atoms with Gasteiger partial charge in [-0.05, 0) is 38.8 Å². The number of rotatable bonds is 3. The van der Waals surface area contributed by atoms with E-state index in [1.807, 2.05) is 32.2 Å². The zero-order valence-electron chi connectivity index (χ0n) is 18.2. The number of hydrogen-bond donors (Lipinski definition) is 2.